The Labute approximate surface area is 107 Å². The highest BCUT2D eigenvalue weighted by atomic mass is 16.5. The quantitative estimate of drug-likeness (QED) is 0.898. The van der Waals surface area contributed by atoms with Gasteiger partial charge in [-0.15, -0.1) is 0 Å². The SMILES string of the molecule is c1cnc2ccc(OCC3CCCNC3)cc2c1. The molecule has 1 aromatic carbocycles. The van der Waals surface area contributed by atoms with Gasteiger partial charge >= 0.3 is 0 Å². The molecule has 0 radical (unpaired) electrons. The minimum Gasteiger partial charge on any atom is -0.493 e. The van der Waals surface area contributed by atoms with Crippen molar-refractivity contribution in [1.29, 1.82) is 0 Å². The van der Waals surface area contributed by atoms with E-state index >= 15 is 0 Å². The second-order valence-electron chi connectivity index (χ2n) is 4.88. The lowest BCUT2D eigenvalue weighted by Crippen LogP contribution is -2.33. The van der Waals surface area contributed by atoms with E-state index in [1.54, 1.807) is 0 Å². The Morgan fingerprint density at radius 1 is 1.33 bits per heavy atom. The van der Waals surface area contributed by atoms with Gasteiger partial charge in [-0.25, -0.2) is 0 Å². The highest BCUT2D eigenvalue weighted by Gasteiger charge is 2.13. The van der Waals surface area contributed by atoms with Crippen LogP contribution in [0.25, 0.3) is 10.9 Å². The molecule has 0 saturated carbocycles. The summed E-state index contributed by atoms with van der Waals surface area (Å²) < 4.78 is 5.89. The van der Waals surface area contributed by atoms with E-state index in [1.807, 2.05) is 24.4 Å². The van der Waals surface area contributed by atoms with E-state index in [0.717, 1.165) is 36.3 Å². The Morgan fingerprint density at radius 2 is 2.33 bits per heavy atom. The maximum atomic E-state index is 5.89. The van der Waals surface area contributed by atoms with Crippen LogP contribution in [0.4, 0.5) is 0 Å². The number of hydrogen-bond donors (Lipinski definition) is 1. The Bertz CT molecular complexity index is 521. The van der Waals surface area contributed by atoms with Gasteiger partial charge in [0.05, 0.1) is 12.1 Å². The second-order valence-corrected chi connectivity index (χ2v) is 4.88. The van der Waals surface area contributed by atoms with Crippen LogP contribution in [0.1, 0.15) is 12.8 Å². The van der Waals surface area contributed by atoms with Gasteiger partial charge in [-0.2, -0.15) is 0 Å². The molecule has 2 heterocycles. The Morgan fingerprint density at radius 3 is 3.22 bits per heavy atom. The molecule has 2 aromatic rings. The monoisotopic (exact) mass is 242 g/mol. The van der Waals surface area contributed by atoms with Crippen LogP contribution in [0.15, 0.2) is 36.5 Å². The largest absolute Gasteiger partial charge is 0.493 e. The Hall–Kier alpha value is -1.61. The number of rotatable bonds is 3. The van der Waals surface area contributed by atoms with Crippen molar-refractivity contribution < 1.29 is 4.74 Å². The number of nitrogens with zero attached hydrogens (tertiary/aromatic N) is 1. The fourth-order valence-corrected chi connectivity index (χ4v) is 2.42. The number of pyridine rings is 1. The van der Waals surface area contributed by atoms with Gasteiger partial charge < -0.3 is 10.1 Å². The van der Waals surface area contributed by atoms with Crippen LogP contribution in [0, 0.1) is 5.92 Å². The average molecular weight is 242 g/mol. The zero-order valence-electron chi connectivity index (χ0n) is 10.4. The van der Waals surface area contributed by atoms with E-state index in [9.17, 15) is 0 Å². The van der Waals surface area contributed by atoms with Crippen molar-refractivity contribution in [2.45, 2.75) is 12.8 Å². The van der Waals surface area contributed by atoms with Crippen molar-refractivity contribution >= 4 is 10.9 Å². The predicted molar refractivity (Wildman–Crippen MR) is 72.8 cm³/mol. The van der Waals surface area contributed by atoms with Crippen molar-refractivity contribution in [1.82, 2.24) is 10.3 Å². The summed E-state index contributed by atoms with van der Waals surface area (Å²) in [5.41, 5.74) is 1.02. The maximum absolute atomic E-state index is 5.89. The summed E-state index contributed by atoms with van der Waals surface area (Å²) in [5, 5.41) is 4.55. The first-order valence-corrected chi connectivity index (χ1v) is 6.60. The van der Waals surface area contributed by atoms with E-state index in [2.05, 4.69) is 22.4 Å². The van der Waals surface area contributed by atoms with Crippen molar-refractivity contribution in [3.8, 4) is 5.75 Å². The summed E-state index contributed by atoms with van der Waals surface area (Å²) in [6.07, 6.45) is 4.34. The highest BCUT2D eigenvalue weighted by molar-refractivity contribution is 5.79. The highest BCUT2D eigenvalue weighted by Crippen LogP contribution is 2.20. The van der Waals surface area contributed by atoms with Gasteiger partial charge in [0.25, 0.3) is 0 Å². The number of nitrogens with one attached hydrogen (secondary N) is 1. The summed E-state index contributed by atoms with van der Waals surface area (Å²) in [7, 11) is 0. The maximum Gasteiger partial charge on any atom is 0.120 e. The van der Waals surface area contributed by atoms with Crippen LogP contribution in [-0.4, -0.2) is 24.7 Å². The van der Waals surface area contributed by atoms with E-state index in [0.29, 0.717) is 5.92 Å². The van der Waals surface area contributed by atoms with Crippen LogP contribution in [0.3, 0.4) is 0 Å². The van der Waals surface area contributed by atoms with E-state index in [1.165, 1.54) is 12.8 Å². The first-order chi connectivity index (χ1) is 8.92. The first-order valence-electron chi connectivity index (χ1n) is 6.60. The van der Waals surface area contributed by atoms with E-state index in [4.69, 9.17) is 4.74 Å². The lowest BCUT2D eigenvalue weighted by molar-refractivity contribution is 0.218. The number of ether oxygens (including phenoxy) is 1. The summed E-state index contributed by atoms with van der Waals surface area (Å²) >= 11 is 0. The van der Waals surface area contributed by atoms with Crippen molar-refractivity contribution in [3.05, 3.63) is 36.5 Å². The molecule has 18 heavy (non-hydrogen) atoms. The van der Waals surface area contributed by atoms with Crippen LogP contribution >= 0.6 is 0 Å². The molecule has 0 amide bonds. The molecule has 1 unspecified atom stereocenters. The number of fused-ring (bicyclic) bond motifs is 1. The van der Waals surface area contributed by atoms with Crippen LogP contribution in [-0.2, 0) is 0 Å². The van der Waals surface area contributed by atoms with E-state index in [-0.39, 0.29) is 0 Å². The topological polar surface area (TPSA) is 34.1 Å². The molecule has 94 valence electrons. The molecule has 3 rings (SSSR count). The fourth-order valence-electron chi connectivity index (χ4n) is 2.42. The van der Waals surface area contributed by atoms with Crippen LogP contribution in [0.2, 0.25) is 0 Å². The lowest BCUT2D eigenvalue weighted by Gasteiger charge is -2.22. The standard InChI is InChI=1S/C15H18N2O/c1-3-12(10-16-7-1)11-18-14-5-6-15-13(9-14)4-2-8-17-15/h2,4-6,8-9,12,16H,1,3,7,10-11H2. The average Bonchev–Trinajstić information content (AvgIpc) is 2.46. The van der Waals surface area contributed by atoms with Gasteiger partial charge in [-0.3, -0.25) is 4.98 Å². The second kappa shape index (κ2) is 5.36. The molecule has 1 saturated heterocycles. The molecular formula is C15H18N2O. The number of hydrogen-bond acceptors (Lipinski definition) is 3. The molecule has 1 aliphatic heterocycles. The van der Waals surface area contributed by atoms with Crippen molar-refractivity contribution in [2.75, 3.05) is 19.7 Å². The molecule has 0 aliphatic carbocycles. The molecule has 3 nitrogen and oxygen atoms in total. The normalized spacial score (nSPS) is 19.9. The Balaban J connectivity index is 1.66. The molecule has 3 heteroatoms. The van der Waals surface area contributed by atoms with Gasteiger partial charge in [0, 0.05) is 24.0 Å². The fraction of sp³-hybridized carbons (Fsp3) is 0.400. The molecular weight excluding hydrogens is 224 g/mol. The van der Waals surface area contributed by atoms with Gasteiger partial charge in [-0.1, -0.05) is 6.07 Å². The summed E-state index contributed by atoms with van der Waals surface area (Å²) in [6, 6.07) is 10.1. The lowest BCUT2D eigenvalue weighted by atomic mass is 10.0. The Kier molecular flexibility index (Phi) is 3.42. The zero-order valence-corrected chi connectivity index (χ0v) is 10.4. The van der Waals surface area contributed by atoms with Gasteiger partial charge in [0.15, 0.2) is 0 Å². The number of benzene rings is 1. The van der Waals surface area contributed by atoms with Gasteiger partial charge in [-0.05, 0) is 43.7 Å². The molecule has 1 aromatic heterocycles. The third kappa shape index (κ3) is 2.62. The zero-order chi connectivity index (χ0) is 12.2. The molecule has 0 bridgehead atoms. The van der Waals surface area contributed by atoms with Gasteiger partial charge in [0.2, 0.25) is 0 Å². The predicted octanol–water partition coefficient (Wildman–Crippen LogP) is 2.61. The molecule has 0 spiro atoms. The minimum absolute atomic E-state index is 0.642. The summed E-state index contributed by atoms with van der Waals surface area (Å²) in [6.45, 7) is 3.03. The van der Waals surface area contributed by atoms with Gasteiger partial charge in [0.1, 0.15) is 5.75 Å². The molecule has 1 fully saturated rings. The van der Waals surface area contributed by atoms with Crippen LogP contribution in [0.5, 0.6) is 5.75 Å². The molecule has 1 aliphatic rings. The molecule has 1 atom stereocenters. The van der Waals surface area contributed by atoms with Crippen LogP contribution < -0.4 is 10.1 Å². The smallest absolute Gasteiger partial charge is 0.120 e. The molecule has 1 N–H and O–H groups in total. The summed E-state index contributed by atoms with van der Waals surface area (Å²) in [5.74, 6) is 1.59. The van der Waals surface area contributed by atoms with Crippen molar-refractivity contribution in [3.63, 3.8) is 0 Å². The third-order valence-electron chi connectivity index (χ3n) is 3.46. The number of piperidine rings is 1. The van der Waals surface area contributed by atoms with Crippen molar-refractivity contribution in [2.24, 2.45) is 5.92 Å². The number of aromatic nitrogens is 1. The van der Waals surface area contributed by atoms with E-state index < -0.39 is 0 Å². The summed E-state index contributed by atoms with van der Waals surface area (Å²) in [4.78, 5) is 4.31. The first kappa shape index (κ1) is 11.5. The third-order valence-corrected chi connectivity index (χ3v) is 3.46. The minimum atomic E-state index is 0.642.